The number of hydrogen-bond donors (Lipinski definition) is 0. The first-order valence-electron chi connectivity index (χ1n) is 5.67. The second-order valence-electron chi connectivity index (χ2n) is 4.16. The molecule has 0 bridgehead atoms. The number of aryl methyl sites for hydroxylation is 1. The Bertz CT molecular complexity index is 814. The summed E-state index contributed by atoms with van der Waals surface area (Å²) in [7, 11) is 2.02. The number of nitrogens with zero attached hydrogens (tertiary/aromatic N) is 4. The number of para-hydroxylation sites is 1. The van der Waals surface area contributed by atoms with Gasteiger partial charge in [-0.05, 0) is 29.7 Å². The molecule has 0 aromatic heterocycles. The predicted octanol–water partition coefficient (Wildman–Crippen LogP) is -0.0441. The highest BCUT2D eigenvalue weighted by atomic mass is 35.5. The molecule has 1 aromatic rings. The van der Waals surface area contributed by atoms with Crippen molar-refractivity contribution in [3.63, 3.8) is 0 Å². The third kappa shape index (κ3) is 2.05. The van der Waals surface area contributed by atoms with Gasteiger partial charge in [-0.1, -0.05) is 24.3 Å². The number of aromatic nitrogens is 1. The van der Waals surface area contributed by atoms with Gasteiger partial charge in [-0.25, -0.2) is 0 Å². The van der Waals surface area contributed by atoms with E-state index in [4.69, 9.17) is 5.39 Å². The van der Waals surface area contributed by atoms with Crippen LogP contribution in [0.25, 0.3) is 27.2 Å². The Morgan fingerprint density at radius 3 is 2.68 bits per heavy atom. The predicted molar refractivity (Wildman–Crippen MR) is 70.2 cm³/mol. The quantitative estimate of drug-likeness (QED) is 0.321. The van der Waals surface area contributed by atoms with E-state index in [0.29, 0.717) is 5.36 Å². The van der Waals surface area contributed by atoms with Gasteiger partial charge in [0.2, 0.25) is 0 Å². The Kier molecular flexibility index (Phi) is 3.50. The lowest BCUT2D eigenvalue weighted by Crippen LogP contribution is -3.00. The molecule has 0 saturated carbocycles. The van der Waals surface area contributed by atoms with Gasteiger partial charge in [0.05, 0.1) is 5.69 Å². The van der Waals surface area contributed by atoms with Crippen molar-refractivity contribution in [1.29, 1.82) is 5.39 Å². The molecule has 1 aromatic carbocycles. The highest BCUT2D eigenvalue weighted by Crippen LogP contribution is 2.24. The molecule has 5 heteroatoms. The van der Waals surface area contributed by atoms with Crippen LogP contribution in [0.1, 0.15) is 0 Å². The molecule has 19 heavy (non-hydrogen) atoms. The first-order valence-corrected chi connectivity index (χ1v) is 5.67. The molecular formula is C14H11ClN4. The lowest BCUT2D eigenvalue weighted by molar-refractivity contribution is -0.00000387. The zero-order valence-corrected chi connectivity index (χ0v) is 11.0. The smallest absolute Gasteiger partial charge is 0.339 e. The molecule has 1 heterocycles. The molecule has 0 spiro atoms. The van der Waals surface area contributed by atoms with E-state index in [1.165, 1.54) is 0 Å². The summed E-state index contributed by atoms with van der Waals surface area (Å²) in [6.07, 6.45) is 0. The van der Waals surface area contributed by atoms with Gasteiger partial charge in [-0.3, -0.25) is 0 Å². The van der Waals surface area contributed by atoms with Crippen LogP contribution in [0.4, 0.5) is 0 Å². The van der Waals surface area contributed by atoms with Crippen LogP contribution in [0.5, 0.6) is 0 Å². The fraction of sp³-hybridized carbons (Fsp3) is 0.0714. The van der Waals surface area contributed by atoms with Crippen LogP contribution < -0.4 is 17.8 Å². The number of rotatable bonds is 0. The van der Waals surface area contributed by atoms with Crippen LogP contribution >= 0.6 is 0 Å². The minimum absolute atomic E-state index is 0. The van der Waals surface area contributed by atoms with Gasteiger partial charge < -0.3 is 17.0 Å². The average Bonchev–Trinajstić information content (AvgIpc) is 2.40. The maximum absolute atomic E-state index is 8.61. The molecule has 0 fully saturated rings. The summed E-state index contributed by atoms with van der Waals surface area (Å²) < 4.78 is 2.11. The SMILES string of the molecule is Cn1c2cccc(=N[N+]#N)c-2cc2ccccc21.[Cl-]. The van der Waals surface area contributed by atoms with Gasteiger partial charge in [-0.2, -0.15) is 0 Å². The molecule has 2 aliphatic rings. The van der Waals surface area contributed by atoms with E-state index in [-0.39, 0.29) is 12.4 Å². The number of hydrogen-bond acceptors (Lipinski definition) is 2. The molecule has 1 aliphatic heterocycles. The molecule has 0 N–H and O–H groups in total. The zero-order chi connectivity index (χ0) is 12.5. The number of benzene rings is 2. The van der Waals surface area contributed by atoms with Crippen LogP contribution in [-0.2, 0) is 7.05 Å². The summed E-state index contributed by atoms with van der Waals surface area (Å²) in [5.74, 6) is 0. The van der Waals surface area contributed by atoms with Gasteiger partial charge in [0.15, 0.2) is 10.5 Å². The van der Waals surface area contributed by atoms with Crippen molar-refractivity contribution in [3.05, 3.63) is 59.0 Å². The summed E-state index contributed by atoms with van der Waals surface area (Å²) >= 11 is 0. The Morgan fingerprint density at radius 2 is 1.89 bits per heavy atom. The number of diazo groups is 1. The third-order valence-corrected chi connectivity index (χ3v) is 3.17. The van der Waals surface area contributed by atoms with Crippen LogP contribution in [0, 0.1) is 5.39 Å². The van der Waals surface area contributed by atoms with E-state index in [2.05, 4.69) is 33.0 Å². The lowest BCUT2D eigenvalue weighted by Gasteiger charge is -2.14. The van der Waals surface area contributed by atoms with Crippen molar-refractivity contribution in [2.75, 3.05) is 0 Å². The second-order valence-corrected chi connectivity index (χ2v) is 4.16. The van der Waals surface area contributed by atoms with E-state index < -0.39 is 0 Å². The van der Waals surface area contributed by atoms with E-state index in [1.807, 2.05) is 37.4 Å². The Labute approximate surface area is 116 Å². The van der Waals surface area contributed by atoms with Crippen molar-refractivity contribution in [2.24, 2.45) is 12.1 Å². The Morgan fingerprint density at radius 1 is 1.11 bits per heavy atom. The standard InChI is InChI=1S/C14H11N4.ClH/c1-18-13-7-3-2-5-10(13)9-11-12(16-17-15)6-4-8-14(11)18;/h2-9H,1H3;1H/q+1;/p-1. The highest BCUT2D eigenvalue weighted by molar-refractivity contribution is 5.86. The average molecular weight is 271 g/mol. The normalized spacial score (nSPS) is 11.3. The minimum atomic E-state index is 0. The lowest BCUT2D eigenvalue weighted by atomic mass is 10.0. The van der Waals surface area contributed by atoms with E-state index in [1.54, 1.807) is 0 Å². The summed E-state index contributed by atoms with van der Waals surface area (Å²) in [6, 6.07) is 16.0. The summed E-state index contributed by atoms with van der Waals surface area (Å²) in [5, 5.41) is 17.0. The molecule has 0 saturated heterocycles. The number of halogens is 1. The maximum Gasteiger partial charge on any atom is 0.339 e. The first-order chi connectivity index (χ1) is 8.81. The second kappa shape index (κ2) is 5.09. The van der Waals surface area contributed by atoms with E-state index >= 15 is 0 Å². The van der Waals surface area contributed by atoms with Crippen molar-refractivity contribution in [3.8, 4) is 11.3 Å². The number of fused-ring (bicyclic) bond motifs is 2. The van der Waals surface area contributed by atoms with Crippen molar-refractivity contribution < 1.29 is 12.4 Å². The molecule has 94 valence electrons. The van der Waals surface area contributed by atoms with Gasteiger partial charge >= 0.3 is 5.08 Å². The summed E-state index contributed by atoms with van der Waals surface area (Å²) in [6.45, 7) is 0. The minimum Gasteiger partial charge on any atom is -1.00 e. The zero-order valence-electron chi connectivity index (χ0n) is 10.3. The molecule has 0 amide bonds. The fourth-order valence-electron chi connectivity index (χ4n) is 2.32. The Hall–Kier alpha value is -2.38. The van der Waals surface area contributed by atoms with Crippen molar-refractivity contribution in [1.82, 2.24) is 4.57 Å². The van der Waals surface area contributed by atoms with E-state index in [0.717, 1.165) is 22.2 Å². The molecule has 4 nitrogen and oxygen atoms in total. The largest absolute Gasteiger partial charge is 1.00 e. The van der Waals surface area contributed by atoms with Crippen molar-refractivity contribution >= 4 is 10.9 Å². The molecule has 0 atom stereocenters. The molecule has 1 aliphatic carbocycles. The van der Waals surface area contributed by atoms with E-state index in [9.17, 15) is 0 Å². The van der Waals surface area contributed by atoms with Gasteiger partial charge in [0.1, 0.15) is 0 Å². The summed E-state index contributed by atoms with van der Waals surface area (Å²) in [5.41, 5.74) is 3.18. The highest BCUT2D eigenvalue weighted by Gasteiger charge is 2.11. The topological polar surface area (TPSA) is 45.4 Å². The van der Waals surface area contributed by atoms with Crippen LogP contribution in [0.3, 0.4) is 0 Å². The first kappa shape index (κ1) is 13.1. The monoisotopic (exact) mass is 270 g/mol. The van der Waals surface area contributed by atoms with Gasteiger partial charge in [-0.15, -0.1) is 0 Å². The van der Waals surface area contributed by atoms with Crippen LogP contribution in [-0.4, -0.2) is 4.57 Å². The van der Waals surface area contributed by atoms with Crippen LogP contribution in [0.15, 0.2) is 53.6 Å². The molecule has 0 unspecified atom stereocenters. The summed E-state index contributed by atoms with van der Waals surface area (Å²) in [4.78, 5) is 0. The van der Waals surface area contributed by atoms with Gasteiger partial charge in [0.25, 0.3) is 5.39 Å². The Balaban J connectivity index is 0.00000133. The maximum atomic E-state index is 8.61. The van der Waals surface area contributed by atoms with Gasteiger partial charge in [0, 0.05) is 18.1 Å². The van der Waals surface area contributed by atoms with Crippen LogP contribution in [0.2, 0.25) is 0 Å². The molecular weight excluding hydrogens is 260 g/mol. The third-order valence-electron chi connectivity index (χ3n) is 3.17. The molecule has 3 rings (SSSR count). The fourth-order valence-corrected chi connectivity index (χ4v) is 2.32. The number of pyridine rings is 1. The molecule has 0 radical (unpaired) electrons. The van der Waals surface area contributed by atoms with Crippen molar-refractivity contribution in [2.45, 2.75) is 0 Å².